The number of halogens is 3. The average Bonchev–Trinajstić information content (AvgIpc) is 2.15. The minimum atomic E-state index is -4.49. The number of nitrogens with one attached hydrogen (secondary N) is 1. The molecule has 1 rings (SSSR count). The first-order valence-electron chi connectivity index (χ1n) is 4.11. The van der Waals surface area contributed by atoms with Crippen LogP contribution >= 0.6 is 0 Å². The Hall–Kier alpha value is -1.21. The van der Waals surface area contributed by atoms with Crippen LogP contribution in [0, 0.1) is 0 Å². The first-order valence-corrected chi connectivity index (χ1v) is 4.11. The van der Waals surface area contributed by atoms with Crippen molar-refractivity contribution in [2.45, 2.75) is 6.18 Å². The van der Waals surface area contributed by atoms with Gasteiger partial charge in [0, 0.05) is 18.2 Å². The number of benzene rings is 1. The molecule has 7 heteroatoms. The third kappa shape index (κ3) is 2.63. The monoisotopic (exact) mass is 219 g/mol. The molecule has 0 bridgehead atoms. The Balaban J connectivity index is 3.22. The molecule has 0 saturated heterocycles. The summed E-state index contributed by atoms with van der Waals surface area (Å²) < 4.78 is 36.8. The number of alkyl halides is 3. The topological polar surface area (TPSA) is 52.5 Å². The van der Waals surface area contributed by atoms with Gasteiger partial charge in [0.05, 0.1) is 5.56 Å². The molecule has 0 spiro atoms. The highest BCUT2D eigenvalue weighted by molar-refractivity contribution is 6.60. The third-order valence-corrected chi connectivity index (χ3v) is 1.93. The van der Waals surface area contributed by atoms with Crippen LogP contribution in [0.15, 0.2) is 18.2 Å². The van der Waals surface area contributed by atoms with E-state index in [1.807, 2.05) is 0 Å². The molecule has 0 radical (unpaired) electrons. The van der Waals surface area contributed by atoms with Crippen molar-refractivity contribution in [2.75, 3.05) is 12.4 Å². The van der Waals surface area contributed by atoms with Gasteiger partial charge >= 0.3 is 13.3 Å². The van der Waals surface area contributed by atoms with Crippen LogP contribution in [-0.2, 0) is 6.18 Å². The molecule has 0 aromatic heterocycles. The molecule has 0 aliphatic carbocycles. The summed E-state index contributed by atoms with van der Waals surface area (Å²) in [6.45, 7) is 0. The summed E-state index contributed by atoms with van der Waals surface area (Å²) in [7, 11) is -0.455. The lowest BCUT2D eigenvalue weighted by atomic mass is 9.78. The van der Waals surface area contributed by atoms with Gasteiger partial charge in [-0.1, -0.05) is 0 Å². The van der Waals surface area contributed by atoms with E-state index in [2.05, 4.69) is 5.32 Å². The van der Waals surface area contributed by atoms with Gasteiger partial charge in [-0.05, 0) is 18.2 Å². The second-order valence-electron chi connectivity index (χ2n) is 2.92. The summed E-state index contributed by atoms with van der Waals surface area (Å²) >= 11 is 0. The van der Waals surface area contributed by atoms with Crippen molar-refractivity contribution in [3.05, 3.63) is 23.8 Å². The fourth-order valence-corrected chi connectivity index (χ4v) is 1.18. The van der Waals surface area contributed by atoms with Crippen molar-refractivity contribution in [1.82, 2.24) is 0 Å². The van der Waals surface area contributed by atoms with Crippen LogP contribution in [-0.4, -0.2) is 24.2 Å². The van der Waals surface area contributed by atoms with E-state index < -0.39 is 18.9 Å². The zero-order chi connectivity index (χ0) is 11.6. The van der Waals surface area contributed by atoms with Crippen molar-refractivity contribution in [2.24, 2.45) is 0 Å². The maximum Gasteiger partial charge on any atom is 0.490 e. The van der Waals surface area contributed by atoms with Gasteiger partial charge in [0.25, 0.3) is 0 Å². The van der Waals surface area contributed by atoms with Gasteiger partial charge in [-0.2, -0.15) is 13.2 Å². The van der Waals surface area contributed by atoms with E-state index in [0.717, 1.165) is 12.1 Å². The van der Waals surface area contributed by atoms with Gasteiger partial charge in [-0.15, -0.1) is 0 Å². The first-order chi connectivity index (χ1) is 6.86. The van der Waals surface area contributed by atoms with E-state index in [9.17, 15) is 13.2 Å². The highest BCUT2D eigenvalue weighted by atomic mass is 19.4. The van der Waals surface area contributed by atoms with E-state index in [1.54, 1.807) is 0 Å². The minimum absolute atomic E-state index is 0.202. The summed E-state index contributed by atoms with van der Waals surface area (Å²) in [5.41, 5.74) is -0.866. The van der Waals surface area contributed by atoms with E-state index in [1.165, 1.54) is 7.05 Å². The lowest BCUT2D eigenvalue weighted by Crippen LogP contribution is -2.33. The molecule has 15 heavy (non-hydrogen) atoms. The van der Waals surface area contributed by atoms with Gasteiger partial charge in [0.15, 0.2) is 0 Å². The molecule has 0 fully saturated rings. The zero-order valence-corrected chi connectivity index (χ0v) is 7.84. The van der Waals surface area contributed by atoms with Crippen molar-refractivity contribution in [3.8, 4) is 0 Å². The van der Waals surface area contributed by atoms with Crippen LogP contribution in [0.2, 0.25) is 0 Å². The van der Waals surface area contributed by atoms with E-state index >= 15 is 0 Å². The summed E-state index contributed by atoms with van der Waals surface area (Å²) in [6, 6.07) is 2.73. The Labute approximate surface area is 84.7 Å². The third-order valence-electron chi connectivity index (χ3n) is 1.93. The van der Waals surface area contributed by atoms with Gasteiger partial charge in [-0.25, -0.2) is 0 Å². The number of hydrogen-bond donors (Lipinski definition) is 3. The van der Waals surface area contributed by atoms with Gasteiger partial charge in [0.2, 0.25) is 0 Å². The maximum absolute atomic E-state index is 12.3. The number of hydrogen-bond acceptors (Lipinski definition) is 3. The molecule has 0 heterocycles. The zero-order valence-electron chi connectivity index (χ0n) is 7.84. The molecule has 0 atom stereocenters. The molecular weight excluding hydrogens is 210 g/mol. The van der Waals surface area contributed by atoms with Crippen LogP contribution in [0.3, 0.4) is 0 Å². The van der Waals surface area contributed by atoms with Crippen LogP contribution in [0.5, 0.6) is 0 Å². The molecule has 1 aromatic rings. The normalized spacial score (nSPS) is 11.3. The van der Waals surface area contributed by atoms with Gasteiger partial charge in [-0.3, -0.25) is 0 Å². The quantitative estimate of drug-likeness (QED) is 0.632. The fourth-order valence-electron chi connectivity index (χ4n) is 1.18. The largest absolute Gasteiger partial charge is 0.490 e. The SMILES string of the molecule is CNc1ccc(C(F)(F)F)cc1B(O)O. The Morgan fingerprint density at radius 3 is 2.27 bits per heavy atom. The number of rotatable bonds is 2. The molecule has 0 saturated carbocycles. The molecule has 3 nitrogen and oxygen atoms in total. The highest BCUT2D eigenvalue weighted by Gasteiger charge is 2.32. The van der Waals surface area contributed by atoms with Crippen molar-refractivity contribution < 1.29 is 23.2 Å². The van der Waals surface area contributed by atoms with E-state index in [4.69, 9.17) is 10.0 Å². The Morgan fingerprint density at radius 2 is 1.87 bits per heavy atom. The van der Waals surface area contributed by atoms with Crippen LogP contribution < -0.4 is 10.8 Å². The molecular formula is C8H9BF3NO2. The summed E-state index contributed by atoms with van der Waals surface area (Å²) in [5, 5.41) is 20.3. The van der Waals surface area contributed by atoms with Crippen molar-refractivity contribution in [1.29, 1.82) is 0 Å². The summed E-state index contributed by atoms with van der Waals surface area (Å²) in [6.07, 6.45) is -4.49. The van der Waals surface area contributed by atoms with Crippen LogP contribution in [0.4, 0.5) is 18.9 Å². The second-order valence-corrected chi connectivity index (χ2v) is 2.92. The van der Waals surface area contributed by atoms with Gasteiger partial charge in [0.1, 0.15) is 0 Å². The maximum atomic E-state index is 12.3. The Kier molecular flexibility index (Phi) is 3.26. The Bertz CT molecular complexity index is 354. The van der Waals surface area contributed by atoms with Gasteiger partial charge < -0.3 is 15.4 Å². The summed E-state index contributed by atoms with van der Waals surface area (Å²) in [4.78, 5) is 0. The lowest BCUT2D eigenvalue weighted by molar-refractivity contribution is -0.137. The predicted molar refractivity (Wildman–Crippen MR) is 50.8 cm³/mol. The Morgan fingerprint density at radius 1 is 1.27 bits per heavy atom. The lowest BCUT2D eigenvalue weighted by Gasteiger charge is -2.12. The summed E-state index contributed by atoms with van der Waals surface area (Å²) in [5.74, 6) is 0. The standard InChI is InChI=1S/C8H9BF3NO2/c1-13-7-3-2-5(8(10,11)12)4-6(7)9(14)15/h2-4,13-15H,1H3. The van der Waals surface area contributed by atoms with Crippen molar-refractivity contribution >= 4 is 18.3 Å². The van der Waals surface area contributed by atoms with E-state index in [0.29, 0.717) is 6.07 Å². The average molecular weight is 219 g/mol. The molecule has 82 valence electrons. The number of anilines is 1. The predicted octanol–water partition coefficient (Wildman–Crippen LogP) is 0.427. The molecule has 1 aromatic carbocycles. The second kappa shape index (κ2) is 4.12. The molecule has 0 amide bonds. The fraction of sp³-hybridized carbons (Fsp3) is 0.250. The smallest absolute Gasteiger partial charge is 0.423 e. The molecule has 3 N–H and O–H groups in total. The van der Waals surface area contributed by atoms with Crippen molar-refractivity contribution in [3.63, 3.8) is 0 Å². The van der Waals surface area contributed by atoms with Crippen LogP contribution in [0.25, 0.3) is 0 Å². The van der Waals surface area contributed by atoms with E-state index in [-0.39, 0.29) is 11.2 Å². The molecule has 0 unspecified atom stereocenters. The van der Waals surface area contributed by atoms with Crippen LogP contribution in [0.1, 0.15) is 5.56 Å². The first kappa shape index (κ1) is 11.9. The molecule has 0 aliphatic heterocycles. The molecule has 0 aliphatic rings. The minimum Gasteiger partial charge on any atom is -0.423 e. The highest BCUT2D eigenvalue weighted by Crippen LogP contribution is 2.29.